The lowest BCUT2D eigenvalue weighted by Crippen LogP contribution is -2.28. The van der Waals surface area contributed by atoms with Crippen LogP contribution in [-0.2, 0) is 11.3 Å². The van der Waals surface area contributed by atoms with Crippen LogP contribution >= 0.6 is 11.6 Å². The van der Waals surface area contributed by atoms with Crippen molar-refractivity contribution in [2.75, 3.05) is 7.05 Å². The molecule has 1 heterocycles. The number of hydrogen-bond acceptors (Lipinski definition) is 3. The molecule has 26 heavy (non-hydrogen) atoms. The molecule has 0 aliphatic heterocycles. The van der Waals surface area contributed by atoms with Gasteiger partial charge in [0.1, 0.15) is 0 Å². The van der Waals surface area contributed by atoms with Gasteiger partial charge >= 0.3 is 0 Å². The van der Waals surface area contributed by atoms with Gasteiger partial charge < -0.3 is 4.90 Å². The molecule has 0 radical (unpaired) electrons. The SMILES string of the molecule is CN(Cc1cnccn1)C(=O)C[C@@H](c1ccccc1)c1cccc(Cl)c1. The van der Waals surface area contributed by atoms with Crippen molar-refractivity contribution in [1.29, 1.82) is 0 Å². The summed E-state index contributed by atoms with van der Waals surface area (Å²) in [6.45, 7) is 0.434. The minimum absolute atomic E-state index is 0.0458. The fourth-order valence-corrected chi connectivity index (χ4v) is 3.11. The molecule has 0 spiro atoms. The Kier molecular flexibility index (Phi) is 5.97. The molecule has 0 bridgehead atoms. The highest BCUT2D eigenvalue weighted by Gasteiger charge is 2.21. The van der Waals surface area contributed by atoms with E-state index in [4.69, 9.17) is 11.6 Å². The number of amides is 1. The van der Waals surface area contributed by atoms with Crippen LogP contribution in [0, 0.1) is 0 Å². The summed E-state index contributed by atoms with van der Waals surface area (Å²) in [5.41, 5.74) is 2.89. The first-order valence-corrected chi connectivity index (χ1v) is 8.80. The zero-order valence-corrected chi connectivity index (χ0v) is 15.3. The molecule has 4 nitrogen and oxygen atoms in total. The maximum absolute atomic E-state index is 12.8. The van der Waals surface area contributed by atoms with Gasteiger partial charge in [-0.05, 0) is 23.3 Å². The quantitative estimate of drug-likeness (QED) is 0.653. The summed E-state index contributed by atoms with van der Waals surface area (Å²) in [4.78, 5) is 22.8. The maximum atomic E-state index is 12.8. The zero-order valence-electron chi connectivity index (χ0n) is 14.5. The van der Waals surface area contributed by atoms with Crippen LogP contribution in [0.25, 0.3) is 0 Å². The summed E-state index contributed by atoms with van der Waals surface area (Å²) in [5, 5.41) is 0.670. The molecular weight excluding hydrogens is 346 g/mol. The molecule has 132 valence electrons. The van der Waals surface area contributed by atoms with Crippen molar-refractivity contribution >= 4 is 17.5 Å². The highest BCUT2D eigenvalue weighted by molar-refractivity contribution is 6.30. The predicted octanol–water partition coefficient (Wildman–Crippen LogP) is 4.31. The van der Waals surface area contributed by atoms with Crippen molar-refractivity contribution in [3.8, 4) is 0 Å². The summed E-state index contributed by atoms with van der Waals surface area (Å²) < 4.78 is 0. The zero-order chi connectivity index (χ0) is 18.4. The number of nitrogens with zero attached hydrogens (tertiary/aromatic N) is 3. The third-order valence-electron chi connectivity index (χ3n) is 4.27. The maximum Gasteiger partial charge on any atom is 0.223 e. The standard InChI is InChI=1S/C21H20ClN3O/c1-25(15-19-14-23-10-11-24-19)21(26)13-20(16-6-3-2-4-7-16)17-8-5-9-18(22)12-17/h2-12,14,20H,13,15H2,1H3/t20-/m0/s1. The highest BCUT2D eigenvalue weighted by atomic mass is 35.5. The lowest BCUT2D eigenvalue weighted by Gasteiger charge is -2.22. The number of aromatic nitrogens is 2. The molecule has 0 aliphatic carbocycles. The van der Waals surface area contributed by atoms with Crippen molar-refractivity contribution in [3.63, 3.8) is 0 Å². The average molecular weight is 366 g/mol. The van der Waals surface area contributed by atoms with Crippen molar-refractivity contribution in [2.45, 2.75) is 18.9 Å². The number of carbonyl (C=O) groups excluding carboxylic acids is 1. The second-order valence-corrected chi connectivity index (χ2v) is 6.61. The summed E-state index contributed by atoms with van der Waals surface area (Å²) in [6.07, 6.45) is 5.29. The monoisotopic (exact) mass is 365 g/mol. The Balaban J connectivity index is 1.80. The smallest absolute Gasteiger partial charge is 0.223 e. The van der Waals surface area contributed by atoms with E-state index in [1.54, 1.807) is 30.5 Å². The van der Waals surface area contributed by atoms with E-state index in [2.05, 4.69) is 9.97 Å². The number of hydrogen-bond donors (Lipinski definition) is 0. The average Bonchev–Trinajstić information content (AvgIpc) is 2.67. The predicted molar refractivity (Wildman–Crippen MR) is 103 cm³/mol. The van der Waals surface area contributed by atoms with Crippen LogP contribution in [0.2, 0.25) is 5.02 Å². The fourth-order valence-electron chi connectivity index (χ4n) is 2.91. The van der Waals surface area contributed by atoms with E-state index in [9.17, 15) is 4.79 Å². The molecule has 5 heteroatoms. The molecule has 1 aromatic heterocycles. The van der Waals surface area contributed by atoms with Gasteiger partial charge in [-0.25, -0.2) is 0 Å². The minimum atomic E-state index is -0.0493. The molecule has 0 N–H and O–H groups in total. The molecule has 1 amide bonds. The normalized spacial score (nSPS) is 11.8. The lowest BCUT2D eigenvalue weighted by molar-refractivity contribution is -0.130. The Morgan fingerprint density at radius 2 is 1.85 bits per heavy atom. The van der Waals surface area contributed by atoms with Crippen LogP contribution < -0.4 is 0 Å². The van der Waals surface area contributed by atoms with Gasteiger partial charge in [0.15, 0.2) is 0 Å². The van der Waals surface area contributed by atoms with E-state index in [1.807, 2.05) is 54.6 Å². The third-order valence-corrected chi connectivity index (χ3v) is 4.51. The Morgan fingerprint density at radius 1 is 1.08 bits per heavy atom. The number of carbonyl (C=O) groups is 1. The van der Waals surface area contributed by atoms with Crippen LogP contribution in [0.4, 0.5) is 0 Å². The Morgan fingerprint density at radius 3 is 2.54 bits per heavy atom. The lowest BCUT2D eigenvalue weighted by atomic mass is 9.88. The molecule has 0 saturated carbocycles. The molecule has 3 rings (SSSR count). The van der Waals surface area contributed by atoms with Crippen LogP contribution in [0.1, 0.15) is 29.2 Å². The second kappa shape index (κ2) is 8.59. The van der Waals surface area contributed by atoms with E-state index in [0.29, 0.717) is 18.0 Å². The van der Waals surface area contributed by atoms with E-state index in [-0.39, 0.29) is 11.8 Å². The molecule has 0 aliphatic rings. The summed E-state index contributed by atoms with van der Waals surface area (Å²) >= 11 is 6.17. The Hall–Kier alpha value is -2.72. The van der Waals surface area contributed by atoms with Gasteiger partial charge in [-0.1, -0.05) is 54.1 Å². The van der Waals surface area contributed by atoms with Gasteiger partial charge in [-0.15, -0.1) is 0 Å². The third kappa shape index (κ3) is 4.67. The molecule has 1 atom stereocenters. The van der Waals surface area contributed by atoms with Crippen LogP contribution in [-0.4, -0.2) is 27.8 Å². The Labute approximate surface area is 158 Å². The van der Waals surface area contributed by atoms with Gasteiger partial charge in [0.05, 0.1) is 18.4 Å². The van der Waals surface area contributed by atoms with Crippen LogP contribution in [0.3, 0.4) is 0 Å². The van der Waals surface area contributed by atoms with Crippen molar-refractivity contribution in [2.24, 2.45) is 0 Å². The Bertz CT molecular complexity index is 855. The first-order chi connectivity index (χ1) is 12.6. The second-order valence-electron chi connectivity index (χ2n) is 6.17. The topological polar surface area (TPSA) is 46.1 Å². The largest absolute Gasteiger partial charge is 0.340 e. The summed E-state index contributed by atoms with van der Waals surface area (Å²) in [7, 11) is 1.79. The molecule has 0 fully saturated rings. The van der Waals surface area contributed by atoms with E-state index < -0.39 is 0 Å². The van der Waals surface area contributed by atoms with Gasteiger partial charge in [0.2, 0.25) is 5.91 Å². The minimum Gasteiger partial charge on any atom is -0.340 e. The number of benzene rings is 2. The van der Waals surface area contributed by atoms with Crippen molar-refractivity contribution in [1.82, 2.24) is 14.9 Å². The number of rotatable bonds is 6. The first kappa shape index (κ1) is 18.1. The molecule has 0 unspecified atom stereocenters. The summed E-state index contributed by atoms with van der Waals surface area (Å²) in [6, 6.07) is 17.7. The molecule has 3 aromatic rings. The van der Waals surface area contributed by atoms with Crippen molar-refractivity contribution < 1.29 is 4.79 Å². The highest BCUT2D eigenvalue weighted by Crippen LogP contribution is 2.30. The van der Waals surface area contributed by atoms with E-state index >= 15 is 0 Å². The van der Waals surface area contributed by atoms with E-state index in [0.717, 1.165) is 16.8 Å². The molecular formula is C21H20ClN3O. The number of halogens is 1. The van der Waals surface area contributed by atoms with Crippen LogP contribution in [0.5, 0.6) is 0 Å². The molecule has 2 aromatic carbocycles. The van der Waals surface area contributed by atoms with Crippen molar-refractivity contribution in [3.05, 3.63) is 95.0 Å². The van der Waals surface area contributed by atoms with Gasteiger partial charge in [-0.2, -0.15) is 0 Å². The first-order valence-electron chi connectivity index (χ1n) is 8.43. The fraction of sp³-hybridized carbons (Fsp3) is 0.190. The molecule has 0 saturated heterocycles. The van der Waals surface area contributed by atoms with Crippen LogP contribution in [0.15, 0.2) is 73.2 Å². The van der Waals surface area contributed by atoms with Gasteiger partial charge in [0.25, 0.3) is 0 Å². The van der Waals surface area contributed by atoms with E-state index in [1.165, 1.54) is 0 Å². The van der Waals surface area contributed by atoms with Gasteiger partial charge in [-0.3, -0.25) is 14.8 Å². The van der Waals surface area contributed by atoms with Gasteiger partial charge in [0, 0.05) is 36.8 Å². The summed E-state index contributed by atoms with van der Waals surface area (Å²) in [5.74, 6) is -0.00353.